The minimum absolute atomic E-state index is 1.03. The van der Waals surface area contributed by atoms with Crippen molar-refractivity contribution in [2.75, 3.05) is 0 Å². The summed E-state index contributed by atoms with van der Waals surface area (Å²) < 4.78 is 0. The van der Waals surface area contributed by atoms with Crippen LogP contribution in [0, 0.1) is 0 Å². The van der Waals surface area contributed by atoms with Gasteiger partial charge >= 0.3 is 0 Å². The highest BCUT2D eigenvalue weighted by Gasteiger charge is 2.10. The van der Waals surface area contributed by atoms with Crippen molar-refractivity contribution in [1.29, 1.82) is 0 Å². The van der Waals surface area contributed by atoms with E-state index < -0.39 is 0 Å². The van der Waals surface area contributed by atoms with Gasteiger partial charge < -0.3 is 5.43 Å². The fourth-order valence-corrected chi connectivity index (χ4v) is 0.757. The molecule has 9 heavy (non-hydrogen) atoms. The average molecular weight is 122 g/mol. The van der Waals surface area contributed by atoms with E-state index in [0.717, 1.165) is 5.70 Å². The molecule has 2 aliphatic rings. The summed E-state index contributed by atoms with van der Waals surface area (Å²) in [5.74, 6) is 0. The van der Waals surface area contributed by atoms with Gasteiger partial charge in [-0.25, -0.2) is 0 Å². The van der Waals surface area contributed by atoms with Gasteiger partial charge in [0.25, 0.3) is 0 Å². The molecule has 0 fully saturated rings. The zero-order valence-corrected chi connectivity index (χ0v) is 4.70. The summed E-state index contributed by atoms with van der Waals surface area (Å²) >= 11 is 0. The first-order chi connectivity index (χ1) is 4.47. The molecule has 0 aromatic carbocycles. The van der Waals surface area contributed by atoms with E-state index in [9.17, 15) is 0 Å². The standard InChI is InChI=1S/C5H6N4/c1-2-9-5(3-6-1)4-7-8-9/h1-4,7-8H. The van der Waals surface area contributed by atoms with Crippen LogP contribution >= 0.6 is 0 Å². The summed E-state index contributed by atoms with van der Waals surface area (Å²) in [5.41, 5.74) is 6.73. The summed E-state index contributed by atoms with van der Waals surface area (Å²) in [4.78, 5) is 3.92. The molecule has 0 aromatic heterocycles. The van der Waals surface area contributed by atoms with Crippen LogP contribution in [0.2, 0.25) is 0 Å². The Balaban J connectivity index is 2.33. The maximum absolute atomic E-state index is 3.92. The van der Waals surface area contributed by atoms with Crippen molar-refractivity contribution in [3.05, 3.63) is 24.3 Å². The van der Waals surface area contributed by atoms with Crippen LogP contribution in [0.15, 0.2) is 29.3 Å². The minimum Gasteiger partial charge on any atom is -0.309 e. The Hall–Kier alpha value is -1.29. The predicted octanol–water partition coefficient (Wildman–Crippen LogP) is -0.292. The molecule has 2 rings (SSSR count). The number of allylic oxidation sites excluding steroid dienone is 1. The third-order valence-electron chi connectivity index (χ3n) is 1.19. The maximum atomic E-state index is 3.92. The zero-order valence-electron chi connectivity index (χ0n) is 4.70. The summed E-state index contributed by atoms with van der Waals surface area (Å²) in [5, 5.41) is 1.84. The number of fused-ring (bicyclic) bond motifs is 1. The fourth-order valence-electron chi connectivity index (χ4n) is 0.757. The van der Waals surface area contributed by atoms with Gasteiger partial charge in [0.05, 0.1) is 11.9 Å². The predicted molar refractivity (Wildman–Crippen MR) is 33.8 cm³/mol. The smallest absolute Gasteiger partial charge is 0.0943 e. The number of nitrogens with one attached hydrogen (secondary N) is 2. The molecule has 0 aromatic rings. The Morgan fingerprint density at radius 2 is 2.56 bits per heavy atom. The third kappa shape index (κ3) is 0.603. The summed E-state index contributed by atoms with van der Waals surface area (Å²) in [6.07, 6.45) is 7.17. The van der Waals surface area contributed by atoms with E-state index in [4.69, 9.17) is 0 Å². The Kier molecular flexibility index (Phi) is 0.811. The van der Waals surface area contributed by atoms with Crippen molar-refractivity contribution in [1.82, 2.24) is 16.0 Å². The van der Waals surface area contributed by atoms with Crippen LogP contribution < -0.4 is 11.0 Å². The van der Waals surface area contributed by atoms with E-state index in [-0.39, 0.29) is 0 Å². The van der Waals surface area contributed by atoms with E-state index in [1.165, 1.54) is 0 Å². The Labute approximate surface area is 52.5 Å². The lowest BCUT2D eigenvalue weighted by molar-refractivity contribution is 0.354. The first-order valence-corrected chi connectivity index (χ1v) is 2.67. The SMILES string of the molecule is C1=CN2NNC=C2C=N1. The topological polar surface area (TPSA) is 39.7 Å². The molecule has 4 heteroatoms. The Morgan fingerprint density at radius 1 is 1.56 bits per heavy atom. The van der Waals surface area contributed by atoms with Gasteiger partial charge in [-0.15, -0.1) is 5.53 Å². The van der Waals surface area contributed by atoms with Crippen molar-refractivity contribution in [2.24, 2.45) is 4.99 Å². The van der Waals surface area contributed by atoms with Crippen LogP contribution in [0.25, 0.3) is 0 Å². The fraction of sp³-hybridized carbons (Fsp3) is 0. The lowest BCUT2D eigenvalue weighted by Crippen LogP contribution is -2.34. The summed E-state index contributed by atoms with van der Waals surface area (Å²) in [6.45, 7) is 0. The highest BCUT2D eigenvalue weighted by molar-refractivity contribution is 5.79. The third-order valence-corrected chi connectivity index (χ3v) is 1.19. The highest BCUT2D eigenvalue weighted by atomic mass is 15.7. The van der Waals surface area contributed by atoms with Crippen LogP contribution in [0.4, 0.5) is 0 Å². The Bertz CT molecular complexity index is 200. The molecule has 2 aliphatic heterocycles. The molecule has 0 amide bonds. The van der Waals surface area contributed by atoms with Crippen molar-refractivity contribution in [2.45, 2.75) is 0 Å². The first-order valence-electron chi connectivity index (χ1n) is 2.67. The van der Waals surface area contributed by atoms with Gasteiger partial charge in [-0.05, 0) is 0 Å². The molecular formula is C5H6N4. The molecule has 46 valence electrons. The Morgan fingerprint density at radius 3 is 3.44 bits per heavy atom. The molecule has 0 spiro atoms. The molecule has 4 nitrogen and oxygen atoms in total. The number of rotatable bonds is 0. The second kappa shape index (κ2) is 1.60. The molecule has 0 radical (unpaired) electrons. The van der Waals surface area contributed by atoms with Crippen LogP contribution in [-0.4, -0.2) is 11.2 Å². The van der Waals surface area contributed by atoms with Crippen LogP contribution in [0.1, 0.15) is 0 Å². The maximum Gasteiger partial charge on any atom is 0.0943 e. The molecule has 0 saturated carbocycles. The minimum atomic E-state index is 1.03. The van der Waals surface area contributed by atoms with Crippen molar-refractivity contribution >= 4 is 6.21 Å². The van der Waals surface area contributed by atoms with E-state index in [1.807, 2.05) is 17.4 Å². The molecule has 0 saturated heterocycles. The molecule has 0 bridgehead atoms. The number of hydrazine groups is 2. The largest absolute Gasteiger partial charge is 0.309 e. The van der Waals surface area contributed by atoms with Gasteiger partial charge in [-0.1, -0.05) is 0 Å². The van der Waals surface area contributed by atoms with Gasteiger partial charge in [0.2, 0.25) is 0 Å². The first kappa shape index (κ1) is 4.58. The second-order valence-electron chi connectivity index (χ2n) is 1.77. The van der Waals surface area contributed by atoms with Crippen LogP contribution in [0.3, 0.4) is 0 Å². The van der Waals surface area contributed by atoms with Crippen LogP contribution in [0.5, 0.6) is 0 Å². The summed E-state index contributed by atoms with van der Waals surface area (Å²) in [6, 6.07) is 0. The molecule has 0 unspecified atom stereocenters. The van der Waals surface area contributed by atoms with Gasteiger partial charge in [0.15, 0.2) is 0 Å². The van der Waals surface area contributed by atoms with Gasteiger partial charge in [0.1, 0.15) is 0 Å². The number of hydrogen-bond donors (Lipinski definition) is 2. The van der Waals surface area contributed by atoms with Gasteiger partial charge in [0, 0.05) is 18.6 Å². The number of nitrogens with zero attached hydrogens (tertiary/aromatic N) is 2. The molecular weight excluding hydrogens is 116 g/mol. The quantitative estimate of drug-likeness (QED) is 0.463. The molecule has 0 aliphatic carbocycles. The van der Waals surface area contributed by atoms with Crippen LogP contribution in [-0.2, 0) is 0 Å². The zero-order chi connectivity index (χ0) is 6.10. The second-order valence-corrected chi connectivity index (χ2v) is 1.77. The highest BCUT2D eigenvalue weighted by Crippen LogP contribution is 2.05. The van der Waals surface area contributed by atoms with Crippen molar-refractivity contribution < 1.29 is 0 Å². The van der Waals surface area contributed by atoms with Gasteiger partial charge in [-0.3, -0.25) is 10.0 Å². The normalized spacial score (nSPS) is 21.3. The summed E-state index contributed by atoms with van der Waals surface area (Å²) in [7, 11) is 0. The van der Waals surface area contributed by atoms with E-state index in [1.54, 1.807) is 12.4 Å². The van der Waals surface area contributed by atoms with E-state index in [0.29, 0.717) is 0 Å². The van der Waals surface area contributed by atoms with Crippen molar-refractivity contribution in [3.8, 4) is 0 Å². The van der Waals surface area contributed by atoms with E-state index in [2.05, 4.69) is 16.0 Å². The van der Waals surface area contributed by atoms with Gasteiger partial charge in [-0.2, -0.15) is 0 Å². The molecule has 0 atom stereocenters. The molecule has 2 N–H and O–H groups in total. The monoisotopic (exact) mass is 122 g/mol. The van der Waals surface area contributed by atoms with Crippen molar-refractivity contribution in [3.63, 3.8) is 0 Å². The lowest BCUT2D eigenvalue weighted by atomic mass is 10.5. The average Bonchev–Trinajstić information content (AvgIpc) is 2.33. The lowest BCUT2D eigenvalue weighted by Gasteiger charge is -2.14. The molecule has 2 heterocycles. The van der Waals surface area contributed by atoms with E-state index >= 15 is 0 Å². The number of hydrogen-bond acceptors (Lipinski definition) is 4. The number of aliphatic imine (C=N–C) groups is 1.